The Kier molecular flexibility index (Phi) is 7.15. The summed E-state index contributed by atoms with van der Waals surface area (Å²) in [7, 11) is 1.89. The Morgan fingerprint density at radius 2 is 1.87 bits per heavy atom. The lowest BCUT2D eigenvalue weighted by Gasteiger charge is -2.14. The van der Waals surface area contributed by atoms with E-state index in [0.29, 0.717) is 11.0 Å². The van der Waals surface area contributed by atoms with E-state index in [1.54, 1.807) is 0 Å². The highest BCUT2D eigenvalue weighted by atomic mass is 32.2. The van der Waals surface area contributed by atoms with E-state index in [0.717, 1.165) is 23.4 Å². The number of anilines is 1. The number of aromatic nitrogens is 3. The smallest absolute Gasteiger partial charge is 0.234 e. The van der Waals surface area contributed by atoms with E-state index in [1.807, 2.05) is 62.7 Å². The third kappa shape index (κ3) is 5.42. The Morgan fingerprint density at radius 1 is 1.13 bits per heavy atom. The lowest BCUT2D eigenvalue weighted by atomic mass is 10.1. The molecule has 0 fully saturated rings. The molecular weight excluding hydrogens is 396 g/mol. The Labute approximate surface area is 182 Å². The van der Waals surface area contributed by atoms with Gasteiger partial charge in [-0.15, -0.1) is 10.2 Å². The summed E-state index contributed by atoms with van der Waals surface area (Å²) in [6, 6.07) is 14.0. The van der Waals surface area contributed by atoms with E-state index in [9.17, 15) is 4.79 Å². The average Bonchev–Trinajstić information content (AvgIpc) is 3.10. The largest absolute Gasteiger partial charge is 0.483 e. The number of hydrogen-bond donors (Lipinski definition) is 1. The van der Waals surface area contributed by atoms with Crippen molar-refractivity contribution < 1.29 is 9.53 Å². The Hall–Kier alpha value is -2.80. The van der Waals surface area contributed by atoms with Crippen molar-refractivity contribution in [2.75, 3.05) is 11.1 Å². The second kappa shape index (κ2) is 9.80. The number of rotatable bonds is 8. The molecule has 158 valence electrons. The summed E-state index contributed by atoms with van der Waals surface area (Å²) in [4.78, 5) is 12.3. The molecule has 0 radical (unpaired) electrons. The molecule has 0 saturated heterocycles. The third-order valence-corrected chi connectivity index (χ3v) is 6.02. The van der Waals surface area contributed by atoms with Crippen LogP contribution in [0.3, 0.4) is 0 Å². The predicted octanol–water partition coefficient (Wildman–Crippen LogP) is 4.87. The standard InChI is InChI=1S/C23H28N4O2S/c1-6-18-8-11-20(12-9-18)29-17(4)22-25-26-23(27(22)5)30-14-21(28)24-19-10-7-15(2)16(3)13-19/h7-13,17H,6,14H2,1-5H3,(H,24,28)/t17-/m1/s1. The highest BCUT2D eigenvalue weighted by Gasteiger charge is 2.18. The van der Waals surface area contributed by atoms with E-state index < -0.39 is 0 Å². The van der Waals surface area contributed by atoms with Crippen LogP contribution < -0.4 is 10.1 Å². The van der Waals surface area contributed by atoms with Gasteiger partial charge in [0.05, 0.1) is 5.75 Å². The van der Waals surface area contributed by atoms with Gasteiger partial charge < -0.3 is 14.6 Å². The topological polar surface area (TPSA) is 69.0 Å². The first-order valence-electron chi connectivity index (χ1n) is 10.0. The fourth-order valence-electron chi connectivity index (χ4n) is 3.01. The first-order chi connectivity index (χ1) is 14.4. The van der Waals surface area contributed by atoms with Crippen LogP contribution in [0, 0.1) is 13.8 Å². The maximum Gasteiger partial charge on any atom is 0.234 e. The molecule has 1 heterocycles. The number of nitrogens with one attached hydrogen (secondary N) is 1. The van der Waals surface area contributed by atoms with Crippen LogP contribution in [0.1, 0.15) is 42.5 Å². The molecule has 1 amide bonds. The summed E-state index contributed by atoms with van der Waals surface area (Å²) in [5, 5.41) is 12.1. The highest BCUT2D eigenvalue weighted by Crippen LogP contribution is 2.24. The molecule has 3 rings (SSSR count). The molecule has 3 aromatic rings. The zero-order valence-electron chi connectivity index (χ0n) is 18.1. The van der Waals surface area contributed by atoms with Crippen molar-refractivity contribution >= 4 is 23.4 Å². The van der Waals surface area contributed by atoms with Gasteiger partial charge in [-0.1, -0.05) is 36.9 Å². The molecule has 0 spiro atoms. The summed E-state index contributed by atoms with van der Waals surface area (Å²) in [6.45, 7) is 8.15. The van der Waals surface area contributed by atoms with Crippen LogP contribution >= 0.6 is 11.8 Å². The molecule has 7 heteroatoms. The minimum atomic E-state index is -0.256. The van der Waals surface area contributed by atoms with Crippen molar-refractivity contribution in [3.8, 4) is 5.75 Å². The first-order valence-corrected chi connectivity index (χ1v) is 11.0. The Morgan fingerprint density at radius 3 is 2.53 bits per heavy atom. The molecule has 0 aliphatic rings. The molecular formula is C23H28N4O2S. The zero-order chi connectivity index (χ0) is 21.7. The van der Waals surface area contributed by atoms with Gasteiger partial charge in [-0.05, 0) is 68.1 Å². The van der Waals surface area contributed by atoms with E-state index >= 15 is 0 Å². The fraction of sp³-hybridized carbons (Fsp3) is 0.348. The van der Waals surface area contributed by atoms with Crippen molar-refractivity contribution in [2.24, 2.45) is 7.05 Å². The molecule has 1 aromatic heterocycles. The number of hydrogen-bond acceptors (Lipinski definition) is 5. The minimum Gasteiger partial charge on any atom is -0.483 e. The van der Waals surface area contributed by atoms with Gasteiger partial charge in [-0.2, -0.15) is 0 Å². The summed E-state index contributed by atoms with van der Waals surface area (Å²) in [6.07, 6.45) is 0.741. The lowest BCUT2D eigenvalue weighted by molar-refractivity contribution is -0.113. The lowest BCUT2D eigenvalue weighted by Crippen LogP contribution is -2.15. The highest BCUT2D eigenvalue weighted by molar-refractivity contribution is 7.99. The van der Waals surface area contributed by atoms with Gasteiger partial charge in [0.1, 0.15) is 5.75 Å². The molecule has 0 saturated carbocycles. The van der Waals surface area contributed by atoms with Gasteiger partial charge in [0, 0.05) is 12.7 Å². The molecule has 0 aliphatic carbocycles. The number of thioether (sulfide) groups is 1. The van der Waals surface area contributed by atoms with E-state index in [1.165, 1.54) is 22.9 Å². The molecule has 1 atom stereocenters. The SMILES string of the molecule is CCc1ccc(O[C@H](C)c2nnc(SCC(=O)Nc3ccc(C)c(C)c3)n2C)cc1. The number of amides is 1. The predicted molar refractivity (Wildman–Crippen MR) is 121 cm³/mol. The van der Waals surface area contributed by atoms with Gasteiger partial charge in [0.15, 0.2) is 17.1 Å². The molecule has 0 unspecified atom stereocenters. The Balaban J connectivity index is 1.57. The van der Waals surface area contributed by atoms with Crippen LogP contribution in [-0.2, 0) is 18.3 Å². The average molecular weight is 425 g/mol. The van der Waals surface area contributed by atoms with E-state index in [2.05, 4.69) is 34.6 Å². The number of carbonyl (C=O) groups is 1. The van der Waals surface area contributed by atoms with Gasteiger partial charge >= 0.3 is 0 Å². The maximum absolute atomic E-state index is 12.3. The van der Waals surface area contributed by atoms with Crippen LogP contribution in [-0.4, -0.2) is 26.4 Å². The molecule has 6 nitrogen and oxygen atoms in total. The van der Waals surface area contributed by atoms with Crippen LogP contribution in [0.25, 0.3) is 0 Å². The normalized spacial score (nSPS) is 11.9. The fourth-order valence-corrected chi connectivity index (χ4v) is 3.73. The number of benzene rings is 2. The van der Waals surface area contributed by atoms with Crippen LogP contribution in [0.4, 0.5) is 5.69 Å². The second-order valence-electron chi connectivity index (χ2n) is 7.29. The van der Waals surface area contributed by atoms with Crippen molar-refractivity contribution in [3.63, 3.8) is 0 Å². The summed E-state index contributed by atoms with van der Waals surface area (Å²) in [5.74, 6) is 1.69. The monoisotopic (exact) mass is 424 g/mol. The van der Waals surface area contributed by atoms with E-state index in [4.69, 9.17) is 4.74 Å². The van der Waals surface area contributed by atoms with Gasteiger partial charge in [0.25, 0.3) is 0 Å². The zero-order valence-corrected chi connectivity index (χ0v) is 18.9. The third-order valence-electron chi connectivity index (χ3n) is 5.00. The molecule has 2 aromatic carbocycles. The van der Waals surface area contributed by atoms with Crippen molar-refractivity contribution in [2.45, 2.75) is 45.4 Å². The summed E-state index contributed by atoms with van der Waals surface area (Å²) < 4.78 is 7.88. The maximum atomic E-state index is 12.3. The van der Waals surface area contributed by atoms with Crippen molar-refractivity contribution in [1.82, 2.24) is 14.8 Å². The van der Waals surface area contributed by atoms with Crippen LogP contribution in [0.5, 0.6) is 5.75 Å². The number of carbonyl (C=O) groups excluding carboxylic acids is 1. The summed E-state index contributed by atoms with van der Waals surface area (Å²) in [5.41, 5.74) is 4.42. The van der Waals surface area contributed by atoms with Crippen molar-refractivity contribution in [1.29, 1.82) is 0 Å². The number of nitrogens with zero attached hydrogens (tertiary/aromatic N) is 3. The number of aryl methyl sites for hydroxylation is 3. The van der Waals surface area contributed by atoms with Crippen molar-refractivity contribution in [3.05, 3.63) is 65.0 Å². The second-order valence-corrected chi connectivity index (χ2v) is 8.24. The van der Waals surface area contributed by atoms with Crippen LogP contribution in [0.15, 0.2) is 47.6 Å². The molecule has 30 heavy (non-hydrogen) atoms. The molecule has 0 aliphatic heterocycles. The Bertz CT molecular complexity index is 1010. The van der Waals surface area contributed by atoms with Gasteiger partial charge in [0.2, 0.25) is 5.91 Å². The quantitative estimate of drug-likeness (QED) is 0.523. The van der Waals surface area contributed by atoms with Gasteiger partial charge in [-0.25, -0.2) is 0 Å². The van der Waals surface area contributed by atoms with E-state index in [-0.39, 0.29) is 17.8 Å². The minimum absolute atomic E-state index is 0.0758. The van der Waals surface area contributed by atoms with Gasteiger partial charge in [-0.3, -0.25) is 4.79 Å². The first kappa shape index (κ1) is 21.9. The molecule has 0 bridgehead atoms. The number of ether oxygens (including phenoxy) is 1. The molecule has 1 N–H and O–H groups in total. The summed E-state index contributed by atoms with van der Waals surface area (Å²) >= 11 is 1.35. The van der Waals surface area contributed by atoms with Crippen LogP contribution in [0.2, 0.25) is 0 Å².